The zero-order valence-corrected chi connectivity index (χ0v) is 11.4. The molecule has 4 nitrogen and oxygen atoms in total. The highest BCUT2D eigenvalue weighted by atomic mass is 32.1. The summed E-state index contributed by atoms with van der Waals surface area (Å²) < 4.78 is 8.09. The fourth-order valence-corrected chi connectivity index (χ4v) is 3.38. The summed E-state index contributed by atoms with van der Waals surface area (Å²) in [6, 6.07) is 0.502. The average Bonchev–Trinajstić information content (AvgIpc) is 2.97. The summed E-state index contributed by atoms with van der Waals surface area (Å²) in [4.78, 5) is 5.59. The molecule has 18 heavy (non-hydrogen) atoms. The van der Waals surface area contributed by atoms with Gasteiger partial charge in [0, 0.05) is 23.8 Å². The summed E-state index contributed by atoms with van der Waals surface area (Å²) in [5, 5.41) is 5.41. The van der Waals surface area contributed by atoms with Crippen molar-refractivity contribution < 1.29 is 4.74 Å². The van der Waals surface area contributed by atoms with Gasteiger partial charge >= 0.3 is 0 Å². The van der Waals surface area contributed by atoms with Gasteiger partial charge in [0.15, 0.2) is 4.96 Å². The van der Waals surface area contributed by atoms with Crippen LogP contribution >= 0.6 is 11.3 Å². The molecule has 2 aromatic heterocycles. The van der Waals surface area contributed by atoms with E-state index in [0.717, 1.165) is 17.1 Å². The lowest BCUT2D eigenvalue weighted by Crippen LogP contribution is -2.41. The summed E-state index contributed by atoms with van der Waals surface area (Å²) >= 11 is 1.66. The Morgan fingerprint density at radius 2 is 2.39 bits per heavy atom. The van der Waals surface area contributed by atoms with Crippen LogP contribution < -0.4 is 5.32 Å². The van der Waals surface area contributed by atoms with Crippen LogP contribution in [0.15, 0.2) is 17.8 Å². The molecule has 1 aliphatic carbocycles. The van der Waals surface area contributed by atoms with E-state index in [9.17, 15) is 0 Å². The minimum Gasteiger partial charge on any atom is -0.370 e. The van der Waals surface area contributed by atoms with Gasteiger partial charge in [-0.25, -0.2) is 4.98 Å². The van der Waals surface area contributed by atoms with Gasteiger partial charge in [-0.05, 0) is 19.9 Å². The first-order chi connectivity index (χ1) is 8.86. The third-order valence-electron chi connectivity index (χ3n) is 3.66. The quantitative estimate of drug-likeness (QED) is 0.923. The van der Waals surface area contributed by atoms with Gasteiger partial charge in [-0.1, -0.05) is 12.8 Å². The smallest absolute Gasteiger partial charge is 0.193 e. The van der Waals surface area contributed by atoms with Gasteiger partial charge in [0.05, 0.1) is 18.4 Å². The van der Waals surface area contributed by atoms with Gasteiger partial charge in [0.1, 0.15) is 0 Å². The number of rotatable bonds is 4. The molecule has 1 N–H and O–H groups in total. The second-order valence-corrected chi connectivity index (χ2v) is 5.73. The fourth-order valence-electron chi connectivity index (χ4n) is 2.66. The molecule has 1 saturated carbocycles. The Hall–Kier alpha value is -0.910. The highest BCUT2D eigenvalue weighted by Crippen LogP contribution is 2.22. The molecule has 0 amide bonds. The number of aromatic nitrogens is 2. The maximum atomic E-state index is 6.04. The maximum absolute atomic E-state index is 6.04. The van der Waals surface area contributed by atoms with Crippen LogP contribution in [0.1, 0.15) is 31.4 Å². The molecule has 0 aliphatic heterocycles. The van der Waals surface area contributed by atoms with Gasteiger partial charge in [0.25, 0.3) is 0 Å². The summed E-state index contributed by atoms with van der Waals surface area (Å²) in [7, 11) is 2.03. The van der Waals surface area contributed by atoms with E-state index in [1.54, 1.807) is 11.3 Å². The Morgan fingerprint density at radius 1 is 1.50 bits per heavy atom. The van der Waals surface area contributed by atoms with Crippen molar-refractivity contribution >= 4 is 16.3 Å². The monoisotopic (exact) mass is 265 g/mol. The molecule has 1 aliphatic rings. The van der Waals surface area contributed by atoms with Crippen LogP contribution in [-0.2, 0) is 11.3 Å². The van der Waals surface area contributed by atoms with E-state index in [-0.39, 0.29) is 0 Å². The van der Waals surface area contributed by atoms with Crippen LogP contribution in [0.4, 0.5) is 0 Å². The van der Waals surface area contributed by atoms with E-state index in [1.807, 2.05) is 18.6 Å². The Balaban J connectivity index is 1.61. The Labute approximate surface area is 111 Å². The molecule has 0 aromatic carbocycles. The number of hydrogen-bond donors (Lipinski definition) is 1. The number of nitrogens with one attached hydrogen (secondary N) is 1. The number of imidazole rings is 1. The van der Waals surface area contributed by atoms with E-state index >= 15 is 0 Å². The van der Waals surface area contributed by atoms with Crippen molar-refractivity contribution in [2.75, 3.05) is 7.05 Å². The molecular weight excluding hydrogens is 246 g/mol. The predicted molar refractivity (Wildman–Crippen MR) is 73.0 cm³/mol. The van der Waals surface area contributed by atoms with E-state index in [0.29, 0.717) is 18.8 Å². The molecule has 3 rings (SSSR count). The first-order valence-corrected chi connectivity index (χ1v) is 7.45. The van der Waals surface area contributed by atoms with Crippen LogP contribution in [0, 0.1) is 0 Å². The van der Waals surface area contributed by atoms with Crippen LogP contribution in [0.25, 0.3) is 4.96 Å². The minimum absolute atomic E-state index is 0.337. The molecular formula is C13H19N3OS. The largest absolute Gasteiger partial charge is 0.370 e. The molecule has 0 radical (unpaired) electrons. The standard InChI is InChI=1S/C13H19N3OS/c1-14-11-4-2-3-5-12(11)17-9-10-8-16-6-7-18-13(16)15-10/h6-8,11-12,14H,2-5,9H2,1H3. The number of likely N-dealkylation sites (N-methyl/N-ethyl adjacent to an activating group) is 1. The van der Waals surface area contributed by atoms with E-state index in [1.165, 1.54) is 19.3 Å². The van der Waals surface area contributed by atoms with E-state index in [2.05, 4.69) is 20.9 Å². The van der Waals surface area contributed by atoms with Crippen LogP contribution in [0.5, 0.6) is 0 Å². The number of fused-ring (bicyclic) bond motifs is 1. The fraction of sp³-hybridized carbons (Fsp3) is 0.615. The van der Waals surface area contributed by atoms with E-state index < -0.39 is 0 Å². The van der Waals surface area contributed by atoms with Crippen LogP contribution in [0.2, 0.25) is 0 Å². The first-order valence-electron chi connectivity index (χ1n) is 6.57. The summed E-state index contributed by atoms with van der Waals surface area (Å²) in [6.45, 7) is 0.622. The molecule has 98 valence electrons. The molecule has 2 unspecified atom stereocenters. The number of ether oxygens (including phenoxy) is 1. The van der Waals surface area contributed by atoms with Crippen molar-refractivity contribution in [2.24, 2.45) is 0 Å². The van der Waals surface area contributed by atoms with Gasteiger partial charge in [-0.3, -0.25) is 4.40 Å². The Bertz CT molecular complexity index is 479. The van der Waals surface area contributed by atoms with Crippen molar-refractivity contribution in [1.82, 2.24) is 14.7 Å². The van der Waals surface area contributed by atoms with Crippen molar-refractivity contribution in [3.63, 3.8) is 0 Å². The normalized spacial score (nSPS) is 24.7. The lowest BCUT2D eigenvalue weighted by molar-refractivity contribution is -0.00484. The summed E-state index contributed by atoms with van der Waals surface area (Å²) in [5.41, 5.74) is 1.03. The molecule has 2 heterocycles. The van der Waals surface area contributed by atoms with Gasteiger partial charge in [0.2, 0.25) is 0 Å². The van der Waals surface area contributed by atoms with Gasteiger partial charge < -0.3 is 10.1 Å². The molecule has 0 saturated heterocycles. The third kappa shape index (κ3) is 2.43. The van der Waals surface area contributed by atoms with E-state index in [4.69, 9.17) is 4.74 Å². The molecule has 0 bridgehead atoms. The van der Waals surface area contributed by atoms with Crippen molar-refractivity contribution in [3.05, 3.63) is 23.5 Å². The van der Waals surface area contributed by atoms with Crippen molar-refractivity contribution in [1.29, 1.82) is 0 Å². The number of hydrogen-bond acceptors (Lipinski definition) is 4. The lowest BCUT2D eigenvalue weighted by Gasteiger charge is -2.30. The molecule has 2 aromatic rings. The molecule has 5 heteroatoms. The summed E-state index contributed by atoms with van der Waals surface area (Å²) in [5.74, 6) is 0. The molecule has 0 spiro atoms. The lowest BCUT2D eigenvalue weighted by atomic mass is 9.92. The number of nitrogens with zero attached hydrogens (tertiary/aromatic N) is 2. The maximum Gasteiger partial charge on any atom is 0.193 e. The topological polar surface area (TPSA) is 38.6 Å². The average molecular weight is 265 g/mol. The van der Waals surface area contributed by atoms with Crippen LogP contribution in [-0.4, -0.2) is 28.6 Å². The van der Waals surface area contributed by atoms with Gasteiger partial charge in [-0.2, -0.15) is 0 Å². The zero-order chi connectivity index (χ0) is 12.4. The Morgan fingerprint density at radius 3 is 3.22 bits per heavy atom. The third-order valence-corrected chi connectivity index (χ3v) is 4.43. The number of thiazole rings is 1. The molecule has 1 fully saturated rings. The summed E-state index contributed by atoms with van der Waals surface area (Å²) in [6.07, 6.45) is 9.40. The highest BCUT2D eigenvalue weighted by molar-refractivity contribution is 7.15. The predicted octanol–water partition coefficient (Wildman–Crippen LogP) is 2.44. The molecule has 2 atom stereocenters. The minimum atomic E-state index is 0.337. The van der Waals surface area contributed by atoms with Crippen molar-refractivity contribution in [2.45, 2.75) is 44.4 Å². The van der Waals surface area contributed by atoms with Crippen molar-refractivity contribution in [3.8, 4) is 0 Å². The van der Waals surface area contributed by atoms with Gasteiger partial charge in [-0.15, -0.1) is 11.3 Å². The SMILES string of the molecule is CNC1CCCCC1OCc1cn2ccsc2n1. The highest BCUT2D eigenvalue weighted by Gasteiger charge is 2.24. The zero-order valence-electron chi connectivity index (χ0n) is 10.6. The first kappa shape index (κ1) is 12.1. The Kier molecular flexibility index (Phi) is 3.63. The second-order valence-electron chi connectivity index (χ2n) is 4.85. The second kappa shape index (κ2) is 5.38. The van der Waals surface area contributed by atoms with Crippen LogP contribution in [0.3, 0.4) is 0 Å².